The maximum Gasteiger partial charge on any atom is 0.143 e. The summed E-state index contributed by atoms with van der Waals surface area (Å²) < 4.78 is 6.62. The van der Waals surface area contributed by atoms with Gasteiger partial charge in [-0.3, -0.25) is 4.79 Å². The predicted octanol–water partition coefficient (Wildman–Crippen LogP) is 3.44. The van der Waals surface area contributed by atoms with Crippen LogP contribution < -0.4 is 0 Å². The molecule has 88 valence electrons. The molecule has 1 aliphatic rings. The van der Waals surface area contributed by atoms with Crippen LogP contribution in [0.5, 0.6) is 0 Å². The molecule has 2 nitrogen and oxygen atoms in total. The molecule has 2 heterocycles. The Labute approximate surface area is 108 Å². The van der Waals surface area contributed by atoms with Crippen molar-refractivity contribution in [2.24, 2.45) is 5.92 Å². The second-order valence-corrected chi connectivity index (χ2v) is 6.00. The summed E-state index contributed by atoms with van der Waals surface area (Å²) in [6.07, 6.45) is 2.53. The zero-order valence-corrected chi connectivity index (χ0v) is 11.6. The van der Waals surface area contributed by atoms with Crippen molar-refractivity contribution in [2.75, 3.05) is 6.61 Å². The van der Waals surface area contributed by atoms with E-state index in [1.165, 1.54) is 0 Å². The first-order valence-electron chi connectivity index (χ1n) is 5.58. The molecular weight excluding hydrogens is 288 g/mol. The van der Waals surface area contributed by atoms with Crippen molar-refractivity contribution in [3.05, 3.63) is 20.8 Å². The number of Topliss-reactive ketones (excluding diaryl/α,β-unsaturated/α-hetero) is 1. The minimum Gasteiger partial charge on any atom is -0.377 e. The molecule has 0 radical (unpaired) electrons. The van der Waals surface area contributed by atoms with Gasteiger partial charge in [0, 0.05) is 33.7 Å². The topological polar surface area (TPSA) is 26.3 Å². The molecule has 4 heteroatoms. The maximum absolute atomic E-state index is 12.1. The second kappa shape index (κ2) is 5.43. The summed E-state index contributed by atoms with van der Waals surface area (Å²) >= 11 is 5.04. The Balaban J connectivity index is 1.97. The number of ketones is 1. The number of thiophene rings is 1. The van der Waals surface area contributed by atoms with Gasteiger partial charge in [0.05, 0.1) is 6.10 Å². The first-order valence-corrected chi connectivity index (χ1v) is 7.25. The highest BCUT2D eigenvalue weighted by molar-refractivity contribution is 9.10. The molecule has 0 bridgehead atoms. The molecule has 0 aliphatic carbocycles. The van der Waals surface area contributed by atoms with E-state index in [9.17, 15) is 4.79 Å². The Hall–Kier alpha value is -0.190. The number of hydrogen-bond acceptors (Lipinski definition) is 3. The molecule has 0 saturated carbocycles. The van der Waals surface area contributed by atoms with Gasteiger partial charge in [0.15, 0.2) is 0 Å². The van der Waals surface area contributed by atoms with Crippen molar-refractivity contribution in [2.45, 2.75) is 32.3 Å². The minimum atomic E-state index is 0.117. The van der Waals surface area contributed by atoms with Gasteiger partial charge < -0.3 is 4.74 Å². The van der Waals surface area contributed by atoms with Crippen LogP contribution in [0.4, 0.5) is 0 Å². The molecule has 0 N–H and O–H groups in total. The smallest absolute Gasteiger partial charge is 0.143 e. The molecule has 0 spiro atoms. The van der Waals surface area contributed by atoms with Crippen molar-refractivity contribution in [3.63, 3.8) is 0 Å². The maximum atomic E-state index is 12.1. The van der Waals surface area contributed by atoms with Gasteiger partial charge in [-0.15, -0.1) is 11.3 Å². The van der Waals surface area contributed by atoms with E-state index in [4.69, 9.17) is 4.74 Å². The fraction of sp³-hybridized carbons (Fsp3) is 0.583. The average molecular weight is 303 g/mol. The van der Waals surface area contributed by atoms with Crippen molar-refractivity contribution in [1.82, 2.24) is 0 Å². The zero-order chi connectivity index (χ0) is 11.5. The van der Waals surface area contributed by atoms with Gasteiger partial charge in [0.2, 0.25) is 0 Å². The number of carbonyl (C=O) groups is 1. The molecule has 2 unspecified atom stereocenters. The lowest BCUT2D eigenvalue weighted by Gasteiger charge is -2.14. The van der Waals surface area contributed by atoms with Crippen LogP contribution in [0.3, 0.4) is 0 Å². The highest BCUT2D eigenvalue weighted by atomic mass is 79.9. The number of ether oxygens (including phenoxy) is 1. The van der Waals surface area contributed by atoms with E-state index >= 15 is 0 Å². The van der Waals surface area contributed by atoms with Crippen molar-refractivity contribution >= 4 is 33.0 Å². The molecule has 1 fully saturated rings. The third kappa shape index (κ3) is 2.73. The highest BCUT2D eigenvalue weighted by Crippen LogP contribution is 2.27. The average Bonchev–Trinajstić information content (AvgIpc) is 2.86. The van der Waals surface area contributed by atoms with Crippen molar-refractivity contribution in [1.29, 1.82) is 0 Å². The third-order valence-corrected chi connectivity index (χ3v) is 4.69. The predicted molar refractivity (Wildman–Crippen MR) is 68.9 cm³/mol. The molecule has 2 rings (SSSR count). The van der Waals surface area contributed by atoms with Gasteiger partial charge >= 0.3 is 0 Å². The molecule has 1 saturated heterocycles. The molecule has 1 aromatic heterocycles. The zero-order valence-electron chi connectivity index (χ0n) is 9.24. The Morgan fingerprint density at radius 2 is 2.50 bits per heavy atom. The number of hydrogen-bond donors (Lipinski definition) is 0. The number of rotatable bonds is 4. The first-order chi connectivity index (χ1) is 7.70. The quantitative estimate of drug-likeness (QED) is 0.852. The van der Waals surface area contributed by atoms with Crippen LogP contribution in [-0.2, 0) is 16.0 Å². The van der Waals surface area contributed by atoms with Crippen molar-refractivity contribution < 1.29 is 9.53 Å². The monoisotopic (exact) mass is 302 g/mol. The van der Waals surface area contributed by atoms with Crippen LogP contribution in [0.15, 0.2) is 15.9 Å². The van der Waals surface area contributed by atoms with E-state index in [2.05, 4.69) is 22.9 Å². The fourth-order valence-corrected chi connectivity index (χ4v) is 3.63. The van der Waals surface area contributed by atoms with Crippen LogP contribution >= 0.6 is 27.3 Å². The van der Waals surface area contributed by atoms with Crippen LogP contribution in [0.1, 0.15) is 24.6 Å². The lowest BCUT2D eigenvalue weighted by Crippen LogP contribution is -2.24. The van der Waals surface area contributed by atoms with E-state index in [1.807, 2.05) is 11.4 Å². The van der Waals surface area contributed by atoms with E-state index in [1.54, 1.807) is 11.3 Å². The molecule has 1 aromatic rings. The van der Waals surface area contributed by atoms with E-state index in [0.29, 0.717) is 12.2 Å². The molecule has 0 aromatic carbocycles. The summed E-state index contributed by atoms with van der Waals surface area (Å²) in [7, 11) is 0. The fourth-order valence-electron chi connectivity index (χ4n) is 2.17. The van der Waals surface area contributed by atoms with Crippen LogP contribution in [-0.4, -0.2) is 18.5 Å². The summed E-state index contributed by atoms with van der Waals surface area (Å²) in [6.45, 7) is 2.82. The Bertz CT molecular complexity index is 375. The third-order valence-electron chi connectivity index (χ3n) is 3.00. The summed E-state index contributed by atoms with van der Waals surface area (Å²) in [4.78, 5) is 13.2. The highest BCUT2D eigenvalue weighted by Gasteiger charge is 2.32. The Morgan fingerprint density at radius 1 is 1.69 bits per heavy atom. The van der Waals surface area contributed by atoms with Crippen LogP contribution in [0.25, 0.3) is 0 Å². The van der Waals surface area contributed by atoms with Crippen LogP contribution in [0.2, 0.25) is 0 Å². The Kier molecular flexibility index (Phi) is 4.16. The van der Waals surface area contributed by atoms with Crippen molar-refractivity contribution in [3.8, 4) is 0 Å². The molecular formula is C12H15BrO2S. The van der Waals surface area contributed by atoms with Gasteiger partial charge in [0.25, 0.3) is 0 Å². The number of halogens is 1. The van der Waals surface area contributed by atoms with Gasteiger partial charge in [-0.2, -0.15) is 0 Å². The largest absolute Gasteiger partial charge is 0.377 e. The summed E-state index contributed by atoms with van der Waals surface area (Å²) in [5.41, 5.74) is 0. The molecule has 2 atom stereocenters. The summed E-state index contributed by atoms with van der Waals surface area (Å²) in [5.74, 6) is 0.449. The lowest BCUT2D eigenvalue weighted by molar-refractivity contribution is -0.123. The van der Waals surface area contributed by atoms with Gasteiger partial charge in [-0.25, -0.2) is 0 Å². The Morgan fingerprint density at radius 3 is 3.12 bits per heavy atom. The van der Waals surface area contributed by atoms with Gasteiger partial charge in [0.1, 0.15) is 5.78 Å². The molecule has 1 aliphatic heterocycles. The number of carbonyl (C=O) groups excluding carboxylic acids is 1. The van der Waals surface area contributed by atoms with E-state index < -0.39 is 0 Å². The van der Waals surface area contributed by atoms with Gasteiger partial charge in [-0.1, -0.05) is 6.92 Å². The first kappa shape index (κ1) is 12.3. The summed E-state index contributed by atoms with van der Waals surface area (Å²) in [6, 6.07) is 2.03. The molecule has 16 heavy (non-hydrogen) atoms. The normalized spacial score (nSPS) is 24.9. The second-order valence-electron chi connectivity index (χ2n) is 4.09. The summed E-state index contributed by atoms with van der Waals surface area (Å²) in [5, 5.41) is 2.02. The van der Waals surface area contributed by atoms with E-state index in [-0.39, 0.29) is 12.0 Å². The lowest BCUT2D eigenvalue weighted by atomic mass is 9.93. The minimum absolute atomic E-state index is 0.117. The SMILES string of the molecule is CCC1OCCC1C(=O)Cc1cc(Br)cs1. The van der Waals surface area contributed by atoms with Gasteiger partial charge in [-0.05, 0) is 34.8 Å². The molecule has 0 amide bonds. The standard InChI is InChI=1S/C12H15BrO2S/c1-2-12-10(3-4-15-12)11(14)6-9-5-8(13)7-16-9/h5,7,10,12H,2-4,6H2,1H3. The van der Waals surface area contributed by atoms with Crippen LogP contribution in [0, 0.1) is 5.92 Å². The van der Waals surface area contributed by atoms with E-state index in [0.717, 1.165) is 28.8 Å².